The van der Waals surface area contributed by atoms with Crippen molar-refractivity contribution in [2.24, 2.45) is 5.92 Å². The summed E-state index contributed by atoms with van der Waals surface area (Å²) >= 11 is 6.35. The number of halogens is 1. The third-order valence-electron chi connectivity index (χ3n) is 4.03. The topological polar surface area (TPSA) is 76.0 Å². The van der Waals surface area contributed by atoms with E-state index in [1.807, 2.05) is 37.3 Å². The van der Waals surface area contributed by atoms with E-state index in [-0.39, 0.29) is 24.8 Å². The molecular formula is C21H27ClN4O2. The van der Waals surface area contributed by atoms with Crippen molar-refractivity contribution in [2.75, 3.05) is 6.54 Å². The molecule has 2 N–H and O–H groups in total. The number of amides is 2. The Labute approximate surface area is 171 Å². The number of rotatable bonds is 9. The minimum atomic E-state index is -0.275. The highest BCUT2D eigenvalue weighted by Gasteiger charge is 2.12. The molecule has 0 saturated carbocycles. The van der Waals surface area contributed by atoms with Gasteiger partial charge in [0.05, 0.1) is 5.69 Å². The van der Waals surface area contributed by atoms with Crippen molar-refractivity contribution < 1.29 is 9.59 Å². The second-order valence-electron chi connectivity index (χ2n) is 7.00. The normalized spacial score (nSPS) is 11.2. The zero-order valence-electron chi connectivity index (χ0n) is 16.5. The number of carbonyl (C=O) groups excluding carboxylic acids is 2. The molecule has 2 amide bonds. The average molecular weight is 403 g/mol. The fourth-order valence-corrected chi connectivity index (χ4v) is 2.93. The van der Waals surface area contributed by atoms with Crippen LogP contribution in [0.15, 0.2) is 36.4 Å². The number of benzene rings is 1. The maximum Gasteiger partial charge on any atom is 0.244 e. The lowest BCUT2D eigenvalue weighted by Crippen LogP contribution is -2.29. The molecular weight excluding hydrogens is 376 g/mol. The summed E-state index contributed by atoms with van der Waals surface area (Å²) in [5.74, 6) is 0.0369. The molecule has 0 unspecified atom stereocenters. The summed E-state index contributed by atoms with van der Waals surface area (Å²) in [6.45, 7) is 7.50. The van der Waals surface area contributed by atoms with Crippen molar-refractivity contribution in [1.82, 2.24) is 20.4 Å². The molecule has 7 heteroatoms. The Morgan fingerprint density at radius 2 is 1.93 bits per heavy atom. The summed E-state index contributed by atoms with van der Waals surface area (Å²) in [6.07, 6.45) is 3.29. The van der Waals surface area contributed by atoms with Crippen LogP contribution in [0.4, 0.5) is 0 Å². The van der Waals surface area contributed by atoms with Crippen molar-refractivity contribution in [1.29, 1.82) is 0 Å². The van der Waals surface area contributed by atoms with Crippen molar-refractivity contribution in [3.63, 3.8) is 0 Å². The van der Waals surface area contributed by atoms with Gasteiger partial charge in [0.2, 0.25) is 11.8 Å². The van der Waals surface area contributed by atoms with E-state index in [4.69, 9.17) is 11.6 Å². The van der Waals surface area contributed by atoms with Crippen LogP contribution in [-0.2, 0) is 22.7 Å². The van der Waals surface area contributed by atoms with E-state index in [0.717, 1.165) is 23.4 Å². The van der Waals surface area contributed by atoms with Gasteiger partial charge >= 0.3 is 0 Å². The lowest BCUT2D eigenvalue weighted by atomic mass is 10.2. The van der Waals surface area contributed by atoms with Crippen LogP contribution in [0.5, 0.6) is 0 Å². The molecule has 28 heavy (non-hydrogen) atoms. The molecule has 6 nitrogen and oxygen atoms in total. The van der Waals surface area contributed by atoms with Gasteiger partial charge in [0.1, 0.15) is 5.15 Å². The Hall–Kier alpha value is -2.60. The largest absolute Gasteiger partial charge is 0.352 e. The molecule has 0 saturated heterocycles. The molecule has 0 aliphatic rings. The van der Waals surface area contributed by atoms with E-state index in [9.17, 15) is 9.59 Å². The molecule has 0 fully saturated rings. The van der Waals surface area contributed by atoms with Gasteiger partial charge in [0, 0.05) is 37.7 Å². The maximum atomic E-state index is 12.0. The average Bonchev–Trinajstić information content (AvgIpc) is 2.91. The Kier molecular flexibility index (Phi) is 8.26. The summed E-state index contributed by atoms with van der Waals surface area (Å²) in [5.41, 5.74) is 2.54. The third-order valence-corrected chi connectivity index (χ3v) is 4.43. The van der Waals surface area contributed by atoms with Gasteiger partial charge in [-0.2, -0.15) is 5.10 Å². The Balaban J connectivity index is 1.76. The zero-order valence-corrected chi connectivity index (χ0v) is 17.3. The van der Waals surface area contributed by atoms with Crippen molar-refractivity contribution in [2.45, 2.75) is 40.3 Å². The number of hydrogen-bond acceptors (Lipinski definition) is 3. The molecule has 1 heterocycles. The maximum absolute atomic E-state index is 12.0. The van der Waals surface area contributed by atoms with Crippen molar-refractivity contribution >= 4 is 29.5 Å². The second kappa shape index (κ2) is 10.7. The lowest BCUT2D eigenvalue weighted by Gasteiger charge is -2.06. The van der Waals surface area contributed by atoms with E-state index in [1.54, 1.807) is 10.8 Å². The van der Waals surface area contributed by atoms with Crippen molar-refractivity contribution in [3.8, 4) is 0 Å². The standard InChI is InChI=1S/C21H27ClN4O2/c1-15(2)14-26-21(22)18(16(3)25-26)9-10-19(27)23-12-11-20(28)24-13-17-7-5-4-6-8-17/h4-10,15H,11-14H2,1-3H3,(H,23,27)(H,24,28)/b10-9+. The molecule has 1 aromatic carbocycles. The molecule has 2 aromatic rings. The number of nitrogens with one attached hydrogen (secondary N) is 2. The summed E-state index contributed by atoms with van der Waals surface area (Å²) in [6, 6.07) is 9.67. The first kappa shape index (κ1) is 21.7. The third kappa shape index (κ3) is 6.85. The number of carbonyl (C=O) groups is 2. The van der Waals surface area contributed by atoms with E-state index < -0.39 is 0 Å². The van der Waals surface area contributed by atoms with Crippen LogP contribution in [0.1, 0.15) is 37.1 Å². The first-order chi connectivity index (χ1) is 13.4. The number of hydrogen-bond donors (Lipinski definition) is 2. The van der Waals surface area contributed by atoms with E-state index >= 15 is 0 Å². The molecule has 2 rings (SSSR count). The number of aryl methyl sites for hydroxylation is 1. The number of aromatic nitrogens is 2. The fraction of sp³-hybridized carbons (Fsp3) is 0.381. The minimum Gasteiger partial charge on any atom is -0.352 e. The van der Waals surface area contributed by atoms with Crippen molar-refractivity contribution in [3.05, 3.63) is 58.4 Å². The summed E-state index contributed by atoms with van der Waals surface area (Å²) in [5, 5.41) is 10.5. The van der Waals surface area contributed by atoms with Crippen LogP contribution in [0, 0.1) is 12.8 Å². The van der Waals surface area contributed by atoms with Gasteiger partial charge in [0.15, 0.2) is 0 Å². The summed E-state index contributed by atoms with van der Waals surface area (Å²) < 4.78 is 1.75. The summed E-state index contributed by atoms with van der Waals surface area (Å²) in [4.78, 5) is 23.8. The predicted molar refractivity (Wildman–Crippen MR) is 112 cm³/mol. The van der Waals surface area contributed by atoms with Gasteiger partial charge in [-0.3, -0.25) is 14.3 Å². The minimum absolute atomic E-state index is 0.109. The summed E-state index contributed by atoms with van der Waals surface area (Å²) in [7, 11) is 0. The van der Waals surface area contributed by atoms with Gasteiger partial charge in [-0.05, 0) is 24.5 Å². The van der Waals surface area contributed by atoms with E-state index in [0.29, 0.717) is 17.6 Å². The monoisotopic (exact) mass is 402 g/mol. The quantitative estimate of drug-likeness (QED) is 0.631. The molecule has 150 valence electrons. The highest BCUT2D eigenvalue weighted by molar-refractivity contribution is 6.31. The first-order valence-electron chi connectivity index (χ1n) is 9.36. The molecule has 0 aliphatic heterocycles. The van der Waals surface area contributed by atoms with E-state index in [1.165, 1.54) is 6.08 Å². The molecule has 0 bridgehead atoms. The van der Waals surface area contributed by atoms with Gasteiger partial charge in [0.25, 0.3) is 0 Å². The Morgan fingerprint density at radius 1 is 1.21 bits per heavy atom. The highest BCUT2D eigenvalue weighted by atomic mass is 35.5. The van der Waals surface area contributed by atoms with Crippen LogP contribution in [0.25, 0.3) is 6.08 Å². The molecule has 1 aromatic heterocycles. The predicted octanol–water partition coefficient (Wildman–Crippen LogP) is 3.34. The van der Waals surface area contributed by atoms with Gasteiger partial charge < -0.3 is 10.6 Å². The van der Waals surface area contributed by atoms with Crippen LogP contribution in [0.3, 0.4) is 0 Å². The fourth-order valence-electron chi connectivity index (χ4n) is 2.63. The van der Waals surface area contributed by atoms with Gasteiger partial charge in [-0.15, -0.1) is 0 Å². The molecule has 0 aliphatic carbocycles. The van der Waals surface area contributed by atoms with Gasteiger partial charge in [-0.25, -0.2) is 0 Å². The lowest BCUT2D eigenvalue weighted by molar-refractivity contribution is -0.121. The first-order valence-corrected chi connectivity index (χ1v) is 9.74. The molecule has 0 spiro atoms. The Morgan fingerprint density at radius 3 is 2.61 bits per heavy atom. The second-order valence-corrected chi connectivity index (χ2v) is 7.36. The number of nitrogens with zero attached hydrogens (tertiary/aromatic N) is 2. The van der Waals surface area contributed by atoms with Crippen LogP contribution < -0.4 is 10.6 Å². The Bertz CT molecular complexity index is 828. The molecule has 0 atom stereocenters. The zero-order chi connectivity index (χ0) is 20.5. The van der Waals surface area contributed by atoms with E-state index in [2.05, 4.69) is 29.6 Å². The smallest absolute Gasteiger partial charge is 0.244 e. The molecule has 0 radical (unpaired) electrons. The van der Waals surface area contributed by atoms with Crippen LogP contribution >= 0.6 is 11.6 Å². The highest BCUT2D eigenvalue weighted by Crippen LogP contribution is 2.22. The van der Waals surface area contributed by atoms with Crippen LogP contribution in [0.2, 0.25) is 5.15 Å². The van der Waals surface area contributed by atoms with Gasteiger partial charge in [-0.1, -0.05) is 55.8 Å². The van der Waals surface area contributed by atoms with Crippen LogP contribution in [-0.4, -0.2) is 28.1 Å². The SMILES string of the molecule is Cc1nn(CC(C)C)c(Cl)c1/C=C/C(=O)NCCC(=O)NCc1ccccc1.